The molecule has 1 aliphatic heterocycles. The van der Waals surface area contributed by atoms with E-state index < -0.39 is 36.8 Å². The molecule has 4 atom stereocenters. The largest absolute Gasteiger partial charge is 0.493 e. The molecular formula is C27H33BrN2O8. The third-order valence-corrected chi connectivity index (χ3v) is 6.61. The molecule has 0 saturated carbocycles. The average Bonchev–Trinajstić information content (AvgIpc) is 2.95. The first-order chi connectivity index (χ1) is 18.3. The number of carbonyl (C=O) groups is 3. The number of esters is 2. The highest BCUT2D eigenvalue weighted by molar-refractivity contribution is 9.09. The lowest BCUT2D eigenvalue weighted by Crippen LogP contribution is -2.45. The molecule has 1 amide bonds. The molecule has 3 rings (SSSR count). The normalized spacial score (nSPS) is 21.6. The molecular weight excluding hydrogens is 560 g/mol. The summed E-state index contributed by atoms with van der Waals surface area (Å²) in [6.07, 6.45) is 3.14. The zero-order valence-corrected chi connectivity index (χ0v) is 23.3. The highest BCUT2D eigenvalue weighted by atomic mass is 79.9. The summed E-state index contributed by atoms with van der Waals surface area (Å²) < 4.78 is 27.7. The summed E-state index contributed by atoms with van der Waals surface area (Å²) in [4.78, 5) is 41.6. The number of benzene rings is 1. The number of ether oxygens (including phenoxy) is 5. The number of alkyl halides is 1. The van der Waals surface area contributed by atoms with E-state index in [0.29, 0.717) is 18.6 Å². The van der Waals surface area contributed by atoms with Crippen molar-refractivity contribution >= 4 is 33.8 Å². The van der Waals surface area contributed by atoms with Crippen LogP contribution in [0, 0.1) is 5.92 Å². The second-order valence-electron chi connectivity index (χ2n) is 8.82. The number of halogens is 1. The van der Waals surface area contributed by atoms with E-state index in [-0.39, 0.29) is 29.2 Å². The number of pyridine rings is 1. The van der Waals surface area contributed by atoms with Gasteiger partial charge < -0.3 is 29.0 Å². The third-order valence-electron chi connectivity index (χ3n) is 6.15. The second kappa shape index (κ2) is 14.6. The van der Waals surface area contributed by atoms with Crippen molar-refractivity contribution in [1.29, 1.82) is 0 Å². The molecule has 38 heavy (non-hydrogen) atoms. The van der Waals surface area contributed by atoms with Gasteiger partial charge in [0, 0.05) is 30.4 Å². The van der Waals surface area contributed by atoms with Crippen LogP contribution in [0.5, 0.6) is 17.2 Å². The van der Waals surface area contributed by atoms with Gasteiger partial charge in [-0.3, -0.25) is 9.59 Å². The van der Waals surface area contributed by atoms with Crippen LogP contribution < -0.4 is 19.5 Å². The molecule has 10 nitrogen and oxygen atoms in total. The minimum atomic E-state index is -0.903. The fourth-order valence-corrected chi connectivity index (χ4v) is 4.89. The first-order valence-electron chi connectivity index (χ1n) is 12.4. The lowest BCUT2D eigenvalue weighted by Gasteiger charge is -2.31. The van der Waals surface area contributed by atoms with Gasteiger partial charge in [0.05, 0.1) is 7.11 Å². The summed E-state index contributed by atoms with van der Waals surface area (Å²) in [6.45, 7) is 2.61. The average molecular weight is 593 g/mol. The van der Waals surface area contributed by atoms with Crippen molar-refractivity contribution in [3.05, 3.63) is 48.3 Å². The summed E-state index contributed by atoms with van der Waals surface area (Å²) in [5, 5.41) is 3.52. The molecule has 0 bridgehead atoms. The molecule has 1 saturated heterocycles. The van der Waals surface area contributed by atoms with Crippen LogP contribution in [-0.2, 0) is 19.1 Å². The number of carbonyl (C=O) groups excluding carboxylic acids is 3. The Morgan fingerprint density at radius 3 is 2.63 bits per heavy atom. The number of nitrogens with one attached hydrogen (secondary N) is 1. The summed E-state index contributed by atoms with van der Waals surface area (Å²) >= 11 is 3.53. The van der Waals surface area contributed by atoms with E-state index in [1.54, 1.807) is 0 Å². The van der Waals surface area contributed by atoms with E-state index in [1.807, 2.05) is 37.3 Å². The third kappa shape index (κ3) is 8.08. The highest BCUT2D eigenvalue weighted by Gasteiger charge is 2.36. The van der Waals surface area contributed by atoms with Crippen LogP contribution in [0.15, 0.2) is 42.6 Å². The first kappa shape index (κ1) is 29.2. The number of hydrogen-bond acceptors (Lipinski definition) is 9. The molecule has 2 heterocycles. The van der Waals surface area contributed by atoms with Crippen LogP contribution in [0.4, 0.5) is 0 Å². The quantitative estimate of drug-likeness (QED) is 0.247. The number of para-hydroxylation sites is 1. The Balaban J connectivity index is 1.77. The molecule has 1 aromatic carbocycles. The Bertz CT molecular complexity index is 1080. The number of cyclic esters (lactones) is 1. The van der Waals surface area contributed by atoms with Gasteiger partial charge in [0.15, 0.2) is 17.2 Å². The van der Waals surface area contributed by atoms with Crippen molar-refractivity contribution in [3.63, 3.8) is 0 Å². The van der Waals surface area contributed by atoms with E-state index in [0.717, 1.165) is 18.2 Å². The van der Waals surface area contributed by atoms with Crippen LogP contribution in [0.25, 0.3) is 0 Å². The lowest BCUT2D eigenvalue weighted by molar-refractivity contribution is -0.156. The van der Waals surface area contributed by atoms with E-state index in [2.05, 4.69) is 26.2 Å². The van der Waals surface area contributed by atoms with Crippen molar-refractivity contribution < 1.29 is 38.1 Å². The van der Waals surface area contributed by atoms with Gasteiger partial charge in [0.1, 0.15) is 24.0 Å². The Hall–Kier alpha value is -3.34. The van der Waals surface area contributed by atoms with Crippen molar-refractivity contribution in [1.82, 2.24) is 10.3 Å². The fourth-order valence-electron chi connectivity index (χ4n) is 4.30. The van der Waals surface area contributed by atoms with Gasteiger partial charge in [-0.05, 0) is 38.3 Å². The van der Waals surface area contributed by atoms with E-state index in [4.69, 9.17) is 23.7 Å². The van der Waals surface area contributed by atoms with Crippen LogP contribution >= 0.6 is 15.9 Å². The molecule has 1 aromatic heterocycles. The molecule has 0 unspecified atom stereocenters. The van der Waals surface area contributed by atoms with Crippen molar-refractivity contribution in [3.8, 4) is 17.2 Å². The predicted octanol–water partition coefficient (Wildman–Crippen LogP) is 4.05. The monoisotopic (exact) mass is 592 g/mol. The molecule has 0 radical (unpaired) electrons. The minimum Gasteiger partial charge on any atom is -0.493 e. The topological polar surface area (TPSA) is 122 Å². The van der Waals surface area contributed by atoms with Crippen LogP contribution in [0.1, 0.15) is 50.0 Å². The Morgan fingerprint density at radius 1 is 1.18 bits per heavy atom. The zero-order valence-electron chi connectivity index (χ0n) is 21.7. The molecule has 11 heteroatoms. The van der Waals surface area contributed by atoms with Gasteiger partial charge >= 0.3 is 11.9 Å². The lowest BCUT2D eigenvalue weighted by atomic mass is 9.90. The zero-order chi connectivity index (χ0) is 27.5. The maximum atomic E-state index is 13.2. The van der Waals surface area contributed by atoms with Gasteiger partial charge in [0.2, 0.25) is 6.79 Å². The van der Waals surface area contributed by atoms with E-state index in [1.165, 1.54) is 26.3 Å². The van der Waals surface area contributed by atoms with Gasteiger partial charge in [-0.1, -0.05) is 40.5 Å². The Labute approximate surface area is 230 Å². The molecule has 1 fully saturated rings. The predicted molar refractivity (Wildman–Crippen MR) is 141 cm³/mol. The fraction of sp³-hybridized carbons (Fsp3) is 0.481. The number of methoxy groups -OCH3 is 1. The van der Waals surface area contributed by atoms with Crippen molar-refractivity contribution in [2.45, 2.75) is 57.8 Å². The summed E-state index contributed by atoms with van der Waals surface area (Å²) in [5.74, 6) is -0.701. The number of amides is 1. The summed E-state index contributed by atoms with van der Waals surface area (Å²) in [5.41, 5.74) is -0.111. The number of rotatable bonds is 10. The Kier molecular flexibility index (Phi) is 11.2. The maximum absolute atomic E-state index is 13.2. The molecule has 206 valence electrons. The second-order valence-corrected chi connectivity index (χ2v) is 9.61. The molecule has 1 aliphatic rings. The summed E-state index contributed by atoms with van der Waals surface area (Å²) in [6, 6.07) is 10.0. The van der Waals surface area contributed by atoms with E-state index >= 15 is 0 Å². The molecule has 0 spiro atoms. The molecule has 2 aromatic rings. The first-order valence-corrected chi connectivity index (χ1v) is 13.5. The van der Waals surface area contributed by atoms with Crippen LogP contribution in [-0.4, -0.2) is 60.3 Å². The smallest absolute Gasteiger partial charge is 0.329 e. The Morgan fingerprint density at radius 2 is 1.95 bits per heavy atom. The van der Waals surface area contributed by atoms with Gasteiger partial charge in [-0.25, -0.2) is 9.78 Å². The minimum absolute atomic E-state index is 0.00717. The van der Waals surface area contributed by atoms with Crippen LogP contribution in [0.2, 0.25) is 0 Å². The highest BCUT2D eigenvalue weighted by Crippen LogP contribution is 2.31. The summed E-state index contributed by atoms with van der Waals surface area (Å²) in [7, 11) is 1.41. The molecule has 1 N–H and O–H groups in total. The van der Waals surface area contributed by atoms with Gasteiger partial charge in [-0.2, -0.15) is 0 Å². The standard InChI is InChI=1S/C27H33BrN2O8/c1-17-24(38-20-9-5-4-6-10-20)19(12-14-28)8-7-11-21(27(33)37-17)30-26(32)23-25(36-16-35-18(2)31)22(34-3)13-15-29-23/h4-6,9-10,13,15,17,19,21,24H,7-8,11-12,14,16H2,1-3H3,(H,30,32)/t17-,19+,21-,24-/m0/s1. The van der Waals surface area contributed by atoms with Crippen LogP contribution in [0.3, 0.4) is 0 Å². The van der Waals surface area contributed by atoms with Gasteiger partial charge in [-0.15, -0.1) is 0 Å². The van der Waals surface area contributed by atoms with Crippen molar-refractivity contribution in [2.24, 2.45) is 5.92 Å². The van der Waals surface area contributed by atoms with E-state index in [9.17, 15) is 14.4 Å². The number of aromatic nitrogens is 1. The number of nitrogens with zero attached hydrogens (tertiary/aromatic N) is 1. The maximum Gasteiger partial charge on any atom is 0.329 e. The SMILES string of the molecule is COc1ccnc(C(=O)N[C@H]2CCC[C@H](CCBr)[C@@H](Oc3ccccc3)[C@H](C)OC2=O)c1OCOC(C)=O. The van der Waals surface area contributed by atoms with Crippen molar-refractivity contribution in [2.75, 3.05) is 19.2 Å². The van der Waals surface area contributed by atoms with Gasteiger partial charge in [0.25, 0.3) is 5.91 Å². The number of hydrogen-bond donors (Lipinski definition) is 1. The molecule has 0 aliphatic carbocycles.